The summed E-state index contributed by atoms with van der Waals surface area (Å²) in [5, 5.41) is 3.27. The lowest BCUT2D eigenvalue weighted by molar-refractivity contribution is -0.149. The first kappa shape index (κ1) is 19.0. The molecule has 2 unspecified atom stereocenters. The molecule has 0 heterocycles. The van der Waals surface area contributed by atoms with Crippen LogP contribution in [0.15, 0.2) is 24.3 Å². The molecule has 0 radical (unpaired) electrons. The minimum absolute atomic E-state index is 0.131. The van der Waals surface area contributed by atoms with Crippen LogP contribution in [0.5, 0.6) is 0 Å². The molecule has 27 heavy (non-hydrogen) atoms. The van der Waals surface area contributed by atoms with Gasteiger partial charge < -0.3 is 10.1 Å². The van der Waals surface area contributed by atoms with E-state index in [1.165, 1.54) is 30.4 Å². The van der Waals surface area contributed by atoms with Crippen molar-refractivity contribution in [1.82, 2.24) is 5.32 Å². The molecule has 0 aromatic heterocycles. The van der Waals surface area contributed by atoms with Gasteiger partial charge in [0.1, 0.15) is 0 Å². The molecule has 3 heteroatoms. The van der Waals surface area contributed by atoms with Crippen molar-refractivity contribution in [3.63, 3.8) is 0 Å². The Labute approximate surface area is 164 Å². The van der Waals surface area contributed by atoms with Crippen LogP contribution in [0.2, 0.25) is 0 Å². The number of aryl methyl sites for hydroxylation is 1. The van der Waals surface area contributed by atoms with Crippen molar-refractivity contribution in [2.45, 2.75) is 77.2 Å². The summed E-state index contributed by atoms with van der Waals surface area (Å²) < 4.78 is 5.61. The molecule has 4 bridgehead atoms. The van der Waals surface area contributed by atoms with E-state index in [1.54, 1.807) is 0 Å². The molecule has 1 aromatic rings. The van der Waals surface area contributed by atoms with Crippen molar-refractivity contribution in [1.29, 1.82) is 0 Å². The van der Waals surface area contributed by atoms with Crippen LogP contribution in [0, 0.1) is 24.2 Å². The van der Waals surface area contributed by atoms with Crippen molar-refractivity contribution in [2.75, 3.05) is 13.2 Å². The van der Waals surface area contributed by atoms with E-state index in [2.05, 4.69) is 50.4 Å². The first-order valence-corrected chi connectivity index (χ1v) is 10.9. The summed E-state index contributed by atoms with van der Waals surface area (Å²) in [4.78, 5) is 13.3. The van der Waals surface area contributed by atoms with Crippen molar-refractivity contribution in [2.24, 2.45) is 17.3 Å². The van der Waals surface area contributed by atoms with Crippen molar-refractivity contribution in [3.8, 4) is 0 Å². The lowest BCUT2D eigenvalue weighted by Gasteiger charge is -2.61. The topological polar surface area (TPSA) is 38.3 Å². The lowest BCUT2D eigenvalue weighted by Crippen LogP contribution is -2.59. The molecule has 1 aromatic carbocycles. The van der Waals surface area contributed by atoms with Gasteiger partial charge in [0, 0.05) is 13.2 Å². The Hall–Kier alpha value is -1.35. The van der Waals surface area contributed by atoms with E-state index in [1.807, 2.05) is 0 Å². The maximum Gasteiger partial charge on any atom is 0.226 e. The maximum absolute atomic E-state index is 13.3. The molecule has 1 N–H and O–H groups in total. The second-order valence-corrected chi connectivity index (χ2v) is 9.92. The second kappa shape index (κ2) is 7.24. The van der Waals surface area contributed by atoms with Crippen LogP contribution in [0.25, 0.3) is 0 Å². The molecule has 4 aliphatic rings. The number of rotatable bonds is 7. The van der Waals surface area contributed by atoms with Gasteiger partial charge in [-0.25, -0.2) is 0 Å². The molecule has 5 rings (SSSR count). The van der Waals surface area contributed by atoms with E-state index in [9.17, 15) is 4.79 Å². The Morgan fingerprint density at radius 2 is 1.81 bits per heavy atom. The summed E-state index contributed by atoms with van der Waals surface area (Å²) in [6.45, 7) is 7.72. The zero-order valence-electron chi connectivity index (χ0n) is 17.2. The highest BCUT2D eigenvalue weighted by molar-refractivity contribution is 5.83. The second-order valence-electron chi connectivity index (χ2n) is 9.92. The van der Waals surface area contributed by atoms with Crippen molar-refractivity contribution in [3.05, 3.63) is 35.4 Å². The molecule has 2 atom stereocenters. The van der Waals surface area contributed by atoms with Crippen LogP contribution in [0.3, 0.4) is 0 Å². The predicted molar refractivity (Wildman–Crippen MR) is 109 cm³/mol. The number of hydrogen-bond donors (Lipinski definition) is 1. The summed E-state index contributed by atoms with van der Waals surface area (Å²) in [5.41, 5.74) is 2.90. The minimum Gasteiger partial charge on any atom is -0.379 e. The largest absolute Gasteiger partial charge is 0.379 e. The van der Waals surface area contributed by atoms with Gasteiger partial charge >= 0.3 is 0 Å². The normalized spacial score (nSPS) is 34.2. The third kappa shape index (κ3) is 3.68. The van der Waals surface area contributed by atoms with E-state index < -0.39 is 0 Å². The molecule has 148 valence electrons. The Balaban J connectivity index is 1.47. The third-order valence-corrected chi connectivity index (χ3v) is 7.26. The third-order valence-electron chi connectivity index (χ3n) is 7.26. The molecule has 4 aliphatic carbocycles. The summed E-state index contributed by atoms with van der Waals surface area (Å²) >= 11 is 0. The van der Waals surface area contributed by atoms with Crippen molar-refractivity contribution >= 4 is 5.91 Å². The van der Waals surface area contributed by atoms with Gasteiger partial charge in [-0.2, -0.15) is 0 Å². The fourth-order valence-electron chi connectivity index (χ4n) is 6.55. The average molecular weight is 370 g/mol. The van der Waals surface area contributed by atoms with Crippen LogP contribution < -0.4 is 5.32 Å². The monoisotopic (exact) mass is 369 g/mol. The summed E-state index contributed by atoms with van der Waals surface area (Å²) in [6.07, 6.45) is 8.31. The highest BCUT2D eigenvalue weighted by Gasteiger charge is 2.60. The Morgan fingerprint density at radius 1 is 1.15 bits per heavy atom. The van der Waals surface area contributed by atoms with Gasteiger partial charge in [0.15, 0.2) is 0 Å². The fourth-order valence-corrected chi connectivity index (χ4v) is 6.55. The maximum atomic E-state index is 13.3. The highest BCUT2D eigenvalue weighted by atomic mass is 16.5. The Morgan fingerprint density at radius 3 is 2.44 bits per heavy atom. The quantitative estimate of drug-likeness (QED) is 0.704. The van der Waals surface area contributed by atoms with Gasteiger partial charge in [-0.1, -0.05) is 29.8 Å². The molecular weight excluding hydrogens is 334 g/mol. The van der Waals surface area contributed by atoms with E-state index >= 15 is 0 Å². The van der Waals surface area contributed by atoms with Crippen LogP contribution in [-0.4, -0.2) is 25.2 Å². The number of ether oxygens (including phenoxy) is 1. The smallest absolute Gasteiger partial charge is 0.226 e. The molecular formula is C24H35NO2. The van der Waals surface area contributed by atoms with E-state index in [0.29, 0.717) is 5.91 Å². The predicted octanol–water partition coefficient (Wildman–Crippen LogP) is 4.76. The SMILES string of the molecule is Cc1ccc(C23CC4CC(CC(C(=O)NCCCOC(C)C)(C4)C2)C3)cc1. The Bertz CT molecular complexity index is 664. The first-order valence-electron chi connectivity index (χ1n) is 10.9. The van der Waals surface area contributed by atoms with Crippen LogP contribution in [-0.2, 0) is 14.9 Å². The minimum atomic E-state index is -0.131. The number of nitrogens with one attached hydrogen (secondary N) is 1. The van der Waals surface area contributed by atoms with Gasteiger partial charge in [0.2, 0.25) is 5.91 Å². The zero-order chi connectivity index (χ0) is 19.1. The summed E-state index contributed by atoms with van der Waals surface area (Å²) in [6, 6.07) is 9.15. The summed E-state index contributed by atoms with van der Waals surface area (Å²) in [7, 11) is 0. The standard InChI is InChI=1S/C24H35NO2/c1-17(2)27-10-4-9-25-22(26)24-14-19-11-20(15-24)13-23(12-19,16-24)21-7-5-18(3)6-8-21/h5-8,17,19-20H,4,9-16H2,1-3H3,(H,25,26). The van der Waals surface area contributed by atoms with Gasteiger partial charge in [0.25, 0.3) is 0 Å². The van der Waals surface area contributed by atoms with Gasteiger partial charge in [0.05, 0.1) is 11.5 Å². The van der Waals surface area contributed by atoms with Crippen molar-refractivity contribution < 1.29 is 9.53 Å². The molecule has 4 fully saturated rings. The Kier molecular flexibility index (Phi) is 5.09. The lowest BCUT2D eigenvalue weighted by atomic mass is 9.42. The van der Waals surface area contributed by atoms with Gasteiger partial charge in [-0.15, -0.1) is 0 Å². The molecule has 0 spiro atoms. The molecule has 0 aliphatic heterocycles. The highest BCUT2D eigenvalue weighted by Crippen LogP contribution is 2.65. The zero-order valence-corrected chi connectivity index (χ0v) is 17.2. The van der Waals surface area contributed by atoms with E-state index in [4.69, 9.17) is 4.74 Å². The fraction of sp³-hybridized carbons (Fsp3) is 0.708. The number of hydrogen-bond acceptors (Lipinski definition) is 2. The molecule has 4 saturated carbocycles. The van der Waals surface area contributed by atoms with Gasteiger partial charge in [-0.05, 0) is 88.5 Å². The van der Waals surface area contributed by atoms with Crippen LogP contribution in [0.1, 0.15) is 69.9 Å². The molecule has 1 amide bonds. The molecule has 0 saturated heterocycles. The van der Waals surface area contributed by atoms with Crippen LogP contribution in [0.4, 0.5) is 0 Å². The summed E-state index contributed by atoms with van der Waals surface area (Å²) in [5.74, 6) is 1.77. The first-order chi connectivity index (χ1) is 12.9. The van der Waals surface area contributed by atoms with Gasteiger partial charge in [-0.3, -0.25) is 4.79 Å². The average Bonchev–Trinajstić information content (AvgIpc) is 2.60. The number of carbonyl (C=O) groups is 1. The number of benzene rings is 1. The molecule has 3 nitrogen and oxygen atoms in total. The number of amides is 1. The number of carbonyl (C=O) groups excluding carboxylic acids is 1. The van der Waals surface area contributed by atoms with E-state index in [0.717, 1.165) is 50.7 Å². The van der Waals surface area contributed by atoms with E-state index in [-0.39, 0.29) is 16.9 Å². The van der Waals surface area contributed by atoms with Crippen LogP contribution >= 0.6 is 0 Å².